The predicted octanol–water partition coefficient (Wildman–Crippen LogP) is 2.87. The van der Waals surface area contributed by atoms with Crippen molar-refractivity contribution in [3.63, 3.8) is 0 Å². The Morgan fingerprint density at radius 1 is 1.25 bits per heavy atom. The third kappa shape index (κ3) is 3.74. The van der Waals surface area contributed by atoms with E-state index in [4.69, 9.17) is 5.73 Å². The average molecular weight is 226 g/mol. The lowest BCUT2D eigenvalue weighted by Crippen LogP contribution is -2.41. The average Bonchev–Trinajstić information content (AvgIpc) is 2.45. The van der Waals surface area contributed by atoms with E-state index in [0.29, 0.717) is 11.5 Å². The Bertz CT molecular complexity index is 191. The first kappa shape index (κ1) is 14.0. The van der Waals surface area contributed by atoms with Crippen LogP contribution in [0.2, 0.25) is 0 Å². The van der Waals surface area contributed by atoms with Crippen LogP contribution in [0.3, 0.4) is 0 Å². The van der Waals surface area contributed by atoms with Crippen molar-refractivity contribution in [2.45, 2.75) is 59.4 Å². The number of nitrogens with zero attached hydrogens (tertiary/aromatic N) is 1. The Kier molecular flexibility index (Phi) is 5.26. The van der Waals surface area contributed by atoms with Crippen LogP contribution >= 0.6 is 0 Å². The summed E-state index contributed by atoms with van der Waals surface area (Å²) in [7, 11) is 0. The van der Waals surface area contributed by atoms with Crippen LogP contribution in [0.1, 0.15) is 53.4 Å². The van der Waals surface area contributed by atoms with E-state index in [2.05, 4.69) is 32.6 Å². The van der Waals surface area contributed by atoms with Crippen molar-refractivity contribution in [2.75, 3.05) is 19.6 Å². The third-order valence-corrected chi connectivity index (χ3v) is 4.25. The van der Waals surface area contributed by atoms with Gasteiger partial charge in [0.25, 0.3) is 0 Å². The van der Waals surface area contributed by atoms with Gasteiger partial charge in [0.1, 0.15) is 0 Å². The van der Waals surface area contributed by atoms with Crippen LogP contribution in [0.15, 0.2) is 0 Å². The Labute approximate surface area is 102 Å². The van der Waals surface area contributed by atoms with Gasteiger partial charge in [-0.15, -0.1) is 0 Å². The molecule has 1 rings (SSSR count). The summed E-state index contributed by atoms with van der Waals surface area (Å²) >= 11 is 0. The molecule has 1 fully saturated rings. The summed E-state index contributed by atoms with van der Waals surface area (Å²) in [5, 5.41) is 0. The molecule has 2 atom stereocenters. The van der Waals surface area contributed by atoms with Gasteiger partial charge in [0.05, 0.1) is 0 Å². The van der Waals surface area contributed by atoms with Gasteiger partial charge in [0, 0.05) is 12.6 Å². The fraction of sp³-hybridized carbons (Fsp3) is 1.00. The standard InChI is InChI=1S/C14H30N2/c1-5-13(11-15)16-9-6-7-12(8-10-16)14(2,3)4/h12-13H,5-11,15H2,1-4H3. The minimum atomic E-state index is 0.473. The molecule has 2 nitrogen and oxygen atoms in total. The zero-order chi connectivity index (χ0) is 12.2. The molecule has 0 aliphatic carbocycles. The largest absolute Gasteiger partial charge is 0.329 e. The smallest absolute Gasteiger partial charge is 0.0215 e. The first-order valence-corrected chi connectivity index (χ1v) is 6.93. The van der Waals surface area contributed by atoms with Gasteiger partial charge in [-0.25, -0.2) is 0 Å². The molecule has 0 aromatic carbocycles. The van der Waals surface area contributed by atoms with Gasteiger partial charge in [-0.3, -0.25) is 4.90 Å². The highest BCUT2D eigenvalue weighted by molar-refractivity contribution is 4.81. The second kappa shape index (κ2) is 6.02. The molecular weight excluding hydrogens is 196 g/mol. The van der Waals surface area contributed by atoms with Crippen LogP contribution in [0.4, 0.5) is 0 Å². The molecule has 96 valence electrons. The second-order valence-electron chi connectivity index (χ2n) is 6.33. The van der Waals surface area contributed by atoms with Gasteiger partial charge >= 0.3 is 0 Å². The van der Waals surface area contributed by atoms with Gasteiger partial charge in [-0.2, -0.15) is 0 Å². The summed E-state index contributed by atoms with van der Waals surface area (Å²) in [6.07, 6.45) is 5.27. The molecule has 1 aliphatic heterocycles. The number of nitrogens with two attached hydrogens (primary N) is 1. The third-order valence-electron chi connectivity index (χ3n) is 4.25. The van der Waals surface area contributed by atoms with E-state index in [-0.39, 0.29) is 0 Å². The number of hydrogen-bond donors (Lipinski definition) is 1. The van der Waals surface area contributed by atoms with Crippen molar-refractivity contribution in [1.82, 2.24) is 4.90 Å². The molecule has 1 saturated heterocycles. The highest BCUT2D eigenvalue weighted by Gasteiger charge is 2.28. The molecular formula is C14H30N2. The van der Waals surface area contributed by atoms with Gasteiger partial charge in [-0.05, 0) is 50.1 Å². The van der Waals surface area contributed by atoms with E-state index < -0.39 is 0 Å². The summed E-state index contributed by atoms with van der Waals surface area (Å²) in [5.41, 5.74) is 6.32. The lowest BCUT2D eigenvalue weighted by Gasteiger charge is -2.31. The lowest BCUT2D eigenvalue weighted by molar-refractivity contribution is 0.181. The first-order valence-electron chi connectivity index (χ1n) is 6.93. The molecule has 2 N–H and O–H groups in total. The molecule has 0 radical (unpaired) electrons. The van der Waals surface area contributed by atoms with Crippen LogP contribution in [0.5, 0.6) is 0 Å². The maximum Gasteiger partial charge on any atom is 0.0215 e. The van der Waals surface area contributed by atoms with Crippen LogP contribution in [0.25, 0.3) is 0 Å². The Morgan fingerprint density at radius 2 is 1.94 bits per heavy atom. The molecule has 0 saturated carbocycles. The molecule has 0 aromatic heterocycles. The van der Waals surface area contributed by atoms with E-state index in [1.807, 2.05) is 0 Å². The quantitative estimate of drug-likeness (QED) is 0.802. The predicted molar refractivity (Wildman–Crippen MR) is 71.5 cm³/mol. The molecule has 0 amide bonds. The van der Waals surface area contributed by atoms with Crippen LogP contribution in [-0.2, 0) is 0 Å². The van der Waals surface area contributed by atoms with Crippen LogP contribution in [0, 0.1) is 11.3 Å². The monoisotopic (exact) mass is 226 g/mol. The minimum Gasteiger partial charge on any atom is -0.329 e. The highest BCUT2D eigenvalue weighted by Crippen LogP contribution is 2.34. The molecule has 0 aromatic rings. The van der Waals surface area contributed by atoms with Crippen molar-refractivity contribution < 1.29 is 0 Å². The van der Waals surface area contributed by atoms with Crippen molar-refractivity contribution in [1.29, 1.82) is 0 Å². The van der Waals surface area contributed by atoms with E-state index in [0.717, 1.165) is 12.5 Å². The summed E-state index contributed by atoms with van der Waals surface area (Å²) in [5.74, 6) is 0.882. The number of hydrogen-bond acceptors (Lipinski definition) is 2. The molecule has 0 bridgehead atoms. The molecule has 2 unspecified atom stereocenters. The number of rotatable bonds is 3. The van der Waals surface area contributed by atoms with E-state index in [1.165, 1.54) is 38.8 Å². The molecule has 16 heavy (non-hydrogen) atoms. The van der Waals surface area contributed by atoms with Crippen LogP contribution in [-0.4, -0.2) is 30.6 Å². The maximum absolute atomic E-state index is 5.84. The van der Waals surface area contributed by atoms with Crippen molar-refractivity contribution in [2.24, 2.45) is 17.1 Å². The zero-order valence-electron chi connectivity index (χ0n) is 11.6. The summed E-state index contributed by atoms with van der Waals surface area (Å²) in [4.78, 5) is 2.62. The molecule has 1 aliphatic rings. The number of likely N-dealkylation sites (tertiary alicyclic amines) is 1. The minimum absolute atomic E-state index is 0.473. The zero-order valence-corrected chi connectivity index (χ0v) is 11.6. The Hall–Kier alpha value is -0.0800. The Balaban J connectivity index is 2.52. The Morgan fingerprint density at radius 3 is 2.44 bits per heavy atom. The van der Waals surface area contributed by atoms with Crippen molar-refractivity contribution in [3.8, 4) is 0 Å². The van der Waals surface area contributed by atoms with Crippen molar-refractivity contribution >= 4 is 0 Å². The van der Waals surface area contributed by atoms with E-state index in [9.17, 15) is 0 Å². The SMILES string of the molecule is CCC(CN)N1CCCC(C(C)(C)C)CC1. The molecule has 1 heterocycles. The van der Waals surface area contributed by atoms with E-state index >= 15 is 0 Å². The van der Waals surface area contributed by atoms with Crippen LogP contribution < -0.4 is 5.73 Å². The van der Waals surface area contributed by atoms with Crippen molar-refractivity contribution in [3.05, 3.63) is 0 Å². The van der Waals surface area contributed by atoms with Gasteiger partial charge in [0.15, 0.2) is 0 Å². The topological polar surface area (TPSA) is 29.3 Å². The van der Waals surface area contributed by atoms with Gasteiger partial charge in [0.2, 0.25) is 0 Å². The first-order chi connectivity index (χ1) is 7.49. The second-order valence-corrected chi connectivity index (χ2v) is 6.33. The fourth-order valence-electron chi connectivity index (χ4n) is 2.92. The summed E-state index contributed by atoms with van der Waals surface area (Å²) in [6, 6.07) is 0.610. The maximum atomic E-state index is 5.84. The van der Waals surface area contributed by atoms with Gasteiger partial charge in [-0.1, -0.05) is 27.7 Å². The summed E-state index contributed by atoms with van der Waals surface area (Å²) < 4.78 is 0. The fourth-order valence-corrected chi connectivity index (χ4v) is 2.92. The molecule has 0 spiro atoms. The lowest BCUT2D eigenvalue weighted by atomic mass is 9.77. The van der Waals surface area contributed by atoms with Gasteiger partial charge < -0.3 is 5.73 Å². The summed E-state index contributed by atoms with van der Waals surface area (Å²) in [6.45, 7) is 12.7. The normalized spacial score (nSPS) is 26.4. The highest BCUT2D eigenvalue weighted by atomic mass is 15.2. The molecule has 2 heteroatoms. The van der Waals surface area contributed by atoms with E-state index in [1.54, 1.807) is 0 Å².